The zero-order valence-electron chi connectivity index (χ0n) is 22.5. The second-order valence-corrected chi connectivity index (χ2v) is 10.1. The van der Waals surface area contributed by atoms with Crippen molar-refractivity contribution in [1.29, 1.82) is 0 Å². The molecule has 43 heavy (non-hydrogen) atoms. The summed E-state index contributed by atoms with van der Waals surface area (Å²) >= 11 is 0. The summed E-state index contributed by atoms with van der Waals surface area (Å²) in [6.07, 6.45) is 2.56. The van der Waals surface area contributed by atoms with E-state index < -0.39 is 28.6 Å². The van der Waals surface area contributed by atoms with Crippen molar-refractivity contribution in [2.45, 2.75) is 32.0 Å². The number of carboxylic acids is 1. The number of hydrogen-bond acceptors (Lipinski definition) is 10. The molecule has 0 bridgehead atoms. The van der Waals surface area contributed by atoms with Gasteiger partial charge in [-0.2, -0.15) is 4.52 Å². The van der Waals surface area contributed by atoms with Crippen molar-refractivity contribution >= 4 is 34.8 Å². The van der Waals surface area contributed by atoms with E-state index in [1.165, 1.54) is 22.8 Å². The number of aromatic carboxylic acids is 1. The second-order valence-electron chi connectivity index (χ2n) is 10.1. The molecule has 6 N–H and O–H groups in total. The summed E-state index contributed by atoms with van der Waals surface area (Å²) < 4.78 is 1.24. The number of fused-ring (bicyclic) bond motifs is 2. The van der Waals surface area contributed by atoms with Gasteiger partial charge in [-0.25, -0.2) is 9.78 Å². The van der Waals surface area contributed by atoms with Crippen LogP contribution in [0.4, 0.5) is 11.4 Å². The molecule has 216 valence electrons. The Labute approximate surface area is 242 Å². The number of aryl methyl sites for hydroxylation is 1. The Kier molecular flexibility index (Phi) is 6.85. The van der Waals surface area contributed by atoms with Gasteiger partial charge in [-0.1, -0.05) is 35.5 Å². The molecule has 3 aromatic carbocycles. The van der Waals surface area contributed by atoms with E-state index in [1.807, 2.05) is 18.2 Å². The Morgan fingerprint density at radius 1 is 1.00 bits per heavy atom. The number of rotatable bonds is 9. The minimum Gasteiger partial charge on any atom is -0.478 e. The molecule has 1 atom stereocenters. The number of nitrogen functional groups attached to an aromatic ring is 1. The van der Waals surface area contributed by atoms with Crippen molar-refractivity contribution < 1.29 is 19.5 Å². The lowest BCUT2D eigenvalue weighted by Gasteiger charge is -2.15. The van der Waals surface area contributed by atoms with Gasteiger partial charge in [-0.05, 0) is 47.2 Å². The first-order valence-corrected chi connectivity index (χ1v) is 13.3. The van der Waals surface area contributed by atoms with E-state index in [-0.39, 0.29) is 53.1 Å². The van der Waals surface area contributed by atoms with E-state index >= 15 is 0 Å². The molecule has 14 heteroatoms. The lowest BCUT2D eigenvalue weighted by Crippen LogP contribution is -2.36. The Bertz CT molecular complexity index is 2010. The van der Waals surface area contributed by atoms with Crippen molar-refractivity contribution in [3.05, 3.63) is 114 Å². The third-order valence-corrected chi connectivity index (χ3v) is 7.37. The molecule has 0 saturated carbocycles. The molecule has 2 amide bonds. The maximum atomic E-state index is 13.2. The zero-order valence-corrected chi connectivity index (χ0v) is 22.5. The monoisotopic (exact) mass is 580 g/mol. The highest BCUT2D eigenvalue weighted by molar-refractivity contribution is 5.98. The summed E-state index contributed by atoms with van der Waals surface area (Å²) in [5.74, 6) is -2.03. The van der Waals surface area contributed by atoms with Gasteiger partial charge in [-0.3, -0.25) is 19.2 Å². The van der Waals surface area contributed by atoms with Gasteiger partial charge in [-0.15, -0.1) is 5.10 Å². The van der Waals surface area contributed by atoms with Gasteiger partial charge < -0.3 is 26.8 Å². The summed E-state index contributed by atoms with van der Waals surface area (Å²) in [4.78, 5) is 65.0. The van der Waals surface area contributed by atoms with Crippen LogP contribution in [-0.2, 0) is 19.5 Å². The van der Waals surface area contributed by atoms with Gasteiger partial charge in [0.15, 0.2) is 5.65 Å². The molecule has 0 radical (unpaired) electrons. The van der Waals surface area contributed by atoms with Gasteiger partial charge in [0.1, 0.15) is 22.8 Å². The number of nitrogens with zero attached hydrogens (tertiary/aromatic N) is 4. The maximum Gasteiger partial charge on any atom is 0.335 e. The normalized spacial score (nSPS) is 14.0. The highest BCUT2D eigenvalue weighted by Crippen LogP contribution is 2.32. The van der Waals surface area contributed by atoms with E-state index in [2.05, 4.69) is 31.2 Å². The third kappa shape index (κ3) is 5.16. The number of benzene rings is 2. The van der Waals surface area contributed by atoms with Gasteiger partial charge in [0, 0.05) is 19.2 Å². The Balaban J connectivity index is 1.14. The molecular formula is C29H24N8O6. The standard InChI is InChI=1S/C29H24N8O6/c30-23-24(26(39)25(23)38)31-11-14-2-1-3-15(8-14)12-32-28(41)21-10-20(34-22-13-33-36-37(21)22)27(40)35-19-7-5-16-9-17(29(42)43)4-6-18(16)19/h1-4,6,8-10,13,19,31H,5,7,11-12,30H2,(H,32,41)(H,35,40)(H,42,43)/t19-/m0/s1. The van der Waals surface area contributed by atoms with Crippen molar-refractivity contribution in [3.8, 4) is 0 Å². The molecule has 1 aliphatic rings. The minimum atomic E-state index is -1.01. The third-order valence-electron chi connectivity index (χ3n) is 7.37. The maximum absolute atomic E-state index is 13.2. The number of carboxylic acid groups (broad SMARTS) is 1. The van der Waals surface area contributed by atoms with Crippen LogP contribution >= 0.6 is 0 Å². The first kappa shape index (κ1) is 27.3. The van der Waals surface area contributed by atoms with Crippen LogP contribution in [0.2, 0.25) is 0 Å². The molecule has 2 aromatic heterocycles. The summed E-state index contributed by atoms with van der Waals surface area (Å²) in [6, 6.07) is 13.1. The van der Waals surface area contributed by atoms with Crippen LogP contribution in [0.5, 0.6) is 0 Å². The van der Waals surface area contributed by atoms with Crippen LogP contribution in [0.25, 0.3) is 5.65 Å². The zero-order chi connectivity index (χ0) is 30.2. The highest BCUT2D eigenvalue weighted by atomic mass is 16.4. The molecule has 14 nitrogen and oxygen atoms in total. The van der Waals surface area contributed by atoms with E-state index in [1.54, 1.807) is 18.2 Å². The van der Waals surface area contributed by atoms with Crippen LogP contribution in [0, 0.1) is 0 Å². The van der Waals surface area contributed by atoms with Crippen LogP contribution in [-0.4, -0.2) is 42.7 Å². The summed E-state index contributed by atoms with van der Waals surface area (Å²) in [5.41, 5.74) is 7.96. The Hall–Kier alpha value is -5.92. The fraction of sp³-hybridized carbons (Fsp3) is 0.172. The molecule has 2 heterocycles. The molecule has 0 unspecified atom stereocenters. The number of anilines is 2. The number of nitrogens with one attached hydrogen (secondary N) is 3. The van der Waals surface area contributed by atoms with Gasteiger partial charge >= 0.3 is 5.97 Å². The number of carbonyl (C=O) groups excluding carboxylic acids is 2. The lowest BCUT2D eigenvalue weighted by molar-refractivity contribution is 0.0696. The molecule has 1 aliphatic carbocycles. The molecule has 0 saturated heterocycles. The summed E-state index contributed by atoms with van der Waals surface area (Å²) in [6.45, 7) is 0.400. The van der Waals surface area contributed by atoms with E-state index in [4.69, 9.17) is 5.73 Å². The highest BCUT2D eigenvalue weighted by Gasteiger charge is 2.27. The molecular weight excluding hydrogens is 556 g/mol. The van der Waals surface area contributed by atoms with Crippen LogP contribution < -0.4 is 32.5 Å². The summed E-state index contributed by atoms with van der Waals surface area (Å²) in [7, 11) is 0. The second kappa shape index (κ2) is 10.8. The molecule has 0 spiro atoms. The quantitative estimate of drug-likeness (QED) is 0.155. The smallest absolute Gasteiger partial charge is 0.335 e. The van der Waals surface area contributed by atoms with Crippen molar-refractivity contribution in [2.24, 2.45) is 0 Å². The largest absolute Gasteiger partial charge is 0.478 e. The predicted molar refractivity (Wildman–Crippen MR) is 153 cm³/mol. The SMILES string of the molecule is Nc1c(NCc2cccc(CNC(=O)c3cc(C(=O)N[C@H]4CCc5cc(C(=O)O)ccc54)nc4cnnn34)c2)c(=O)c1=O. The van der Waals surface area contributed by atoms with Crippen molar-refractivity contribution in [1.82, 2.24) is 30.4 Å². The van der Waals surface area contributed by atoms with Gasteiger partial charge in [0.2, 0.25) is 0 Å². The van der Waals surface area contributed by atoms with Crippen LogP contribution in [0.1, 0.15) is 66.1 Å². The minimum absolute atomic E-state index is 0.00114. The average Bonchev–Trinajstić information content (AvgIpc) is 3.66. The molecule has 0 fully saturated rings. The Morgan fingerprint density at radius 3 is 2.56 bits per heavy atom. The number of carbonyl (C=O) groups is 3. The van der Waals surface area contributed by atoms with Crippen LogP contribution in [0.15, 0.2) is 64.3 Å². The number of hydrogen-bond donors (Lipinski definition) is 5. The number of aromatic nitrogens is 4. The fourth-order valence-electron chi connectivity index (χ4n) is 5.13. The first-order valence-electron chi connectivity index (χ1n) is 13.3. The fourth-order valence-corrected chi connectivity index (χ4v) is 5.13. The number of amides is 2. The topological polar surface area (TPSA) is 211 Å². The van der Waals surface area contributed by atoms with E-state index in [0.29, 0.717) is 12.8 Å². The van der Waals surface area contributed by atoms with E-state index in [9.17, 15) is 29.1 Å². The predicted octanol–water partition coefficient (Wildman–Crippen LogP) is 0.960. The molecule has 5 aromatic rings. The summed E-state index contributed by atoms with van der Waals surface area (Å²) in [5, 5.41) is 25.6. The molecule has 6 rings (SSSR count). The van der Waals surface area contributed by atoms with Crippen molar-refractivity contribution in [2.75, 3.05) is 11.1 Å². The van der Waals surface area contributed by atoms with E-state index in [0.717, 1.165) is 22.3 Å². The lowest BCUT2D eigenvalue weighted by atomic mass is 10.0. The van der Waals surface area contributed by atoms with Gasteiger partial charge in [0.05, 0.1) is 17.8 Å². The van der Waals surface area contributed by atoms with Crippen LogP contribution in [0.3, 0.4) is 0 Å². The van der Waals surface area contributed by atoms with Crippen molar-refractivity contribution in [3.63, 3.8) is 0 Å². The van der Waals surface area contributed by atoms with Gasteiger partial charge in [0.25, 0.3) is 22.7 Å². The average molecular weight is 581 g/mol. The molecule has 0 aliphatic heterocycles. The first-order chi connectivity index (χ1) is 20.7. The number of nitrogens with two attached hydrogens (primary N) is 1. The Morgan fingerprint density at radius 2 is 1.79 bits per heavy atom.